The van der Waals surface area contributed by atoms with Crippen molar-refractivity contribution in [3.05, 3.63) is 59.9 Å². The highest BCUT2D eigenvalue weighted by Crippen LogP contribution is 2.38. The van der Waals surface area contributed by atoms with Gasteiger partial charge in [-0.3, -0.25) is 4.79 Å². The molecule has 1 aliphatic heterocycles. The van der Waals surface area contributed by atoms with E-state index < -0.39 is 0 Å². The van der Waals surface area contributed by atoms with Gasteiger partial charge in [0, 0.05) is 47.5 Å². The van der Waals surface area contributed by atoms with Crippen molar-refractivity contribution in [1.82, 2.24) is 10.2 Å². The minimum atomic E-state index is -0.0289. The molecule has 3 aromatic rings. The summed E-state index contributed by atoms with van der Waals surface area (Å²) in [5.74, 6) is -0.0289. The van der Waals surface area contributed by atoms with Gasteiger partial charge < -0.3 is 10.2 Å². The molecule has 2 heterocycles. The lowest BCUT2D eigenvalue weighted by atomic mass is 10.0. The molecule has 0 aliphatic carbocycles. The van der Waals surface area contributed by atoms with Crippen LogP contribution in [-0.2, 0) is 6.54 Å². The smallest absolute Gasteiger partial charge is 0.256 e. The van der Waals surface area contributed by atoms with Gasteiger partial charge in [0.25, 0.3) is 5.91 Å². The third kappa shape index (κ3) is 1.90. The third-order valence-electron chi connectivity index (χ3n) is 3.99. The number of hydrogen-bond donors (Lipinski definition) is 1. The maximum absolute atomic E-state index is 12.0. The molecule has 22 heavy (non-hydrogen) atoms. The van der Waals surface area contributed by atoms with Crippen LogP contribution in [0.2, 0.25) is 0 Å². The van der Waals surface area contributed by atoms with Gasteiger partial charge >= 0.3 is 0 Å². The van der Waals surface area contributed by atoms with Gasteiger partial charge in [0.15, 0.2) is 0 Å². The molecular formula is C17H14N4O. The Labute approximate surface area is 127 Å². The minimum Gasteiger partial charge on any atom is -0.370 e. The van der Waals surface area contributed by atoms with Gasteiger partial charge in [0.05, 0.1) is 6.20 Å². The number of anilines is 2. The number of aromatic nitrogens is 2. The van der Waals surface area contributed by atoms with Crippen molar-refractivity contribution in [3.8, 4) is 0 Å². The van der Waals surface area contributed by atoms with Crippen molar-refractivity contribution in [2.24, 2.45) is 0 Å². The highest BCUT2D eigenvalue weighted by Gasteiger charge is 2.22. The van der Waals surface area contributed by atoms with E-state index in [1.54, 1.807) is 12.4 Å². The quantitative estimate of drug-likeness (QED) is 0.806. The Balaban J connectivity index is 1.80. The van der Waals surface area contributed by atoms with Crippen LogP contribution in [0.15, 0.2) is 48.8 Å². The number of benzene rings is 2. The molecule has 0 bridgehead atoms. The molecule has 0 radical (unpaired) electrons. The molecule has 4 rings (SSSR count). The maximum atomic E-state index is 12.0. The second-order valence-corrected chi connectivity index (χ2v) is 5.42. The van der Waals surface area contributed by atoms with E-state index in [9.17, 15) is 4.79 Å². The van der Waals surface area contributed by atoms with E-state index in [4.69, 9.17) is 0 Å². The standard InChI is InChI=1S/C17H14N4O/c1-21(10-11-7-8-18-19-9-11)15-6-5-14-16-12(15)3-2-4-13(16)17(22)20-14/h2-9H,10H2,1H3,(H,20,22). The Morgan fingerprint density at radius 1 is 1.14 bits per heavy atom. The molecule has 1 aliphatic rings. The first-order valence-corrected chi connectivity index (χ1v) is 7.08. The summed E-state index contributed by atoms with van der Waals surface area (Å²) in [4.78, 5) is 14.1. The van der Waals surface area contributed by atoms with Crippen molar-refractivity contribution in [1.29, 1.82) is 0 Å². The molecule has 0 unspecified atom stereocenters. The summed E-state index contributed by atoms with van der Waals surface area (Å²) >= 11 is 0. The third-order valence-corrected chi connectivity index (χ3v) is 3.99. The zero-order chi connectivity index (χ0) is 15.1. The summed E-state index contributed by atoms with van der Waals surface area (Å²) in [5.41, 5.74) is 3.82. The van der Waals surface area contributed by atoms with E-state index in [1.807, 2.05) is 37.4 Å². The lowest BCUT2D eigenvalue weighted by Gasteiger charge is -2.21. The van der Waals surface area contributed by atoms with Crippen LogP contribution in [0.4, 0.5) is 11.4 Å². The number of amides is 1. The van der Waals surface area contributed by atoms with Crippen LogP contribution in [0.3, 0.4) is 0 Å². The average Bonchev–Trinajstić information content (AvgIpc) is 2.87. The molecule has 0 atom stereocenters. The van der Waals surface area contributed by atoms with Crippen LogP contribution in [0.5, 0.6) is 0 Å². The van der Waals surface area contributed by atoms with Gasteiger partial charge in [0.1, 0.15) is 0 Å². The fraction of sp³-hybridized carbons (Fsp3) is 0.118. The Hall–Kier alpha value is -2.95. The van der Waals surface area contributed by atoms with Crippen molar-refractivity contribution >= 4 is 28.1 Å². The Kier molecular flexibility index (Phi) is 2.79. The van der Waals surface area contributed by atoms with Gasteiger partial charge in [-0.1, -0.05) is 12.1 Å². The van der Waals surface area contributed by atoms with Gasteiger partial charge in [-0.2, -0.15) is 10.2 Å². The van der Waals surface area contributed by atoms with Crippen LogP contribution in [0, 0.1) is 0 Å². The predicted molar refractivity (Wildman–Crippen MR) is 86.0 cm³/mol. The number of nitrogens with one attached hydrogen (secondary N) is 1. The zero-order valence-corrected chi connectivity index (χ0v) is 12.1. The summed E-state index contributed by atoms with van der Waals surface area (Å²) < 4.78 is 0. The lowest BCUT2D eigenvalue weighted by Crippen LogP contribution is -2.16. The van der Waals surface area contributed by atoms with Gasteiger partial charge in [0.2, 0.25) is 0 Å². The predicted octanol–water partition coefficient (Wildman–Crippen LogP) is 2.83. The van der Waals surface area contributed by atoms with Crippen molar-refractivity contribution in [2.45, 2.75) is 6.54 Å². The summed E-state index contributed by atoms with van der Waals surface area (Å²) in [5, 5.41) is 12.7. The van der Waals surface area contributed by atoms with Crippen LogP contribution in [0.25, 0.3) is 10.8 Å². The lowest BCUT2D eigenvalue weighted by molar-refractivity contribution is 0.103. The fourth-order valence-corrected chi connectivity index (χ4v) is 2.98. The Morgan fingerprint density at radius 3 is 2.86 bits per heavy atom. The molecule has 5 heteroatoms. The van der Waals surface area contributed by atoms with Crippen molar-refractivity contribution < 1.29 is 4.79 Å². The van der Waals surface area contributed by atoms with E-state index in [-0.39, 0.29) is 5.91 Å². The summed E-state index contributed by atoms with van der Waals surface area (Å²) in [7, 11) is 2.04. The maximum Gasteiger partial charge on any atom is 0.256 e. The van der Waals surface area contributed by atoms with Crippen LogP contribution < -0.4 is 10.2 Å². The highest BCUT2D eigenvalue weighted by molar-refractivity contribution is 6.25. The molecular weight excluding hydrogens is 276 g/mol. The van der Waals surface area contributed by atoms with Gasteiger partial charge in [-0.15, -0.1) is 0 Å². The normalized spacial score (nSPS) is 12.5. The minimum absolute atomic E-state index is 0.0289. The van der Waals surface area contributed by atoms with E-state index in [2.05, 4.69) is 26.5 Å². The van der Waals surface area contributed by atoms with E-state index >= 15 is 0 Å². The second kappa shape index (κ2) is 4.80. The number of carbonyl (C=O) groups is 1. The monoisotopic (exact) mass is 290 g/mol. The summed E-state index contributed by atoms with van der Waals surface area (Å²) in [6, 6.07) is 11.8. The molecule has 1 N–H and O–H groups in total. The topological polar surface area (TPSA) is 58.1 Å². The molecule has 0 saturated heterocycles. The molecule has 0 spiro atoms. The summed E-state index contributed by atoms with van der Waals surface area (Å²) in [6.45, 7) is 0.732. The molecule has 2 aromatic carbocycles. The molecule has 0 fully saturated rings. The van der Waals surface area contributed by atoms with Crippen LogP contribution >= 0.6 is 0 Å². The SMILES string of the molecule is CN(Cc1ccnnc1)c1ccc2c3c(cccc13)C(=O)N2. The second-order valence-electron chi connectivity index (χ2n) is 5.42. The molecule has 1 aromatic heterocycles. The number of carbonyl (C=O) groups excluding carboxylic acids is 1. The Morgan fingerprint density at radius 2 is 2.05 bits per heavy atom. The van der Waals surface area contributed by atoms with E-state index in [1.165, 1.54) is 0 Å². The van der Waals surface area contributed by atoms with Crippen molar-refractivity contribution in [2.75, 3.05) is 17.3 Å². The first kappa shape index (κ1) is 12.8. The highest BCUT2D eigenvalue weighted by atomic mass is 16.1. The largest absolute Gasteiger partial charge is 0.370 e. The first-order chi connectivity index (χ1) is 10.7. The molecule has 108 valence electrons. The van der Waals surface area contributed by atoms with Crippen LogP contribution in [0.1, 0.15) is 15.9 Å². The Bertz CT molecular complexity index is 876. The number of nitrogens with zero attached hydrogens (tertiary/aromatic N) is 3. The average molecular weight is 290 g/mol. The zero-order valence-electron chi connectivity index (χ0n) is 12.1. The van der Waals surface area contributed by atoms with E-state index in [0.29, 0.717) is 0 Å². The molecule has 5 nitrogen and oxygen atoms in total. The summed E-state index contributed by atoms with van der Waals surface area (Å²) in [6.07, 6.45) is 3.46. The first-order valence-electron chi connectivity index (χ1n) is 7.08. The molecule has 0 saturated carbocycles. The van der Waals surface area contributed by atoms with Crippen LogP contribution in [-0.4, -0.2) is 23.2 Å². The van der Waals surface area contributed by atoms with Crippen molar-refractivity contribution in [3.63, 3.8) is 0 Å². The van der Waals surface area contributed by atoms with Gasteiger partial charge in [-0.25, -0.2) is 0 Å². The number of rotatable bonds is 3. The van der Waals surface area contributed by atoms with Gasteiger partial charge in [-0.05, 0) is 29.8 Å². The van der Waals surface area contributed by atoms with E-state index in [0.717, 1.165) is 39.8 Å². The molecule has 1 amide bonds. The number of hydrogen-bond acceptors (Lipinski definition) is 4. The fourth-order valence-electron chi connectivity index (χ4n) is 2.98.